The predicted octanol–water partition coefficient (Wildman–Crippen LogP) is 3.41. The summed E-state index contributed by atoms with van der Waals surface area (Å²) >= 11 is 0. The van der Waals surface area contributed by atoms with Crippen molar-refractivity contribution in [3.05, 3.63) is 90.3 Å². The zero-order valence-corrected chi connectivity index (χ0v) is 14.6. The van der Waals surface area contributed by atoms with Crippen LogP contribution in [0.15, 0.2) is 79.0 Å². The number of hydrogen-bond donors (Lipinski definition) is 2. The maximum absolute atomic E-state index is 12.3. The number of ether oxygens (including phenoxy) is 1. The second kappa shape index (κ2) is 8.78. The van der Waals surface area contributed by atoms with E-state index < -0.39 is 0 Å². The monoisotopic (exact) mass is 347 g/mol. The van der Waals surface area contributed by atoms with Gasteiger partial charge in [-0.3, -0.25) is 15.1 Å². The Morgan fingerprint density at radius 1 is 1.04 bits per heavy atom. The molecule has 5 nitrogen and oxygen atoms in total. The van der Waals surface area contributed by atoms with Gasteiger partial charge in [0, 0.05) is 18.0 Å². The molecule has 3 rings (SSSR count). The average molecular weight is 347 g/mol. The molecule has 0 radical (unpaired) electrons. The first kappa shape index (κ1) is 17.6. The molecule has 2 aromatic carbocycles. The molecule has 1 unspecified atom stereocenters. The fourth-order valence-corrected chi connectivity index (χ4v) is 2.69. The van der Waals surface area contributed by atoms with Crippen molar-refractivity contribution in [3.63, 3.8) is 0 Å². The van der Waals surface area contributed by atoms with E-state index in [9.17, 15) is 4.79 Å². The lowest BCUT2D eigenvalue weighted by molar-refractivity contribution is -0.115. The maximum Gasteiger partial charge on any atom is 0.238 e. The normalized spacial score (nSPS) is 11.6. The van der Waals surface area contributed by atoms with Gasteiger partial charge in [0.1, 0.15) is 5.75 Å². The summed E-state index contributed by atoms with van der Waals surface area (Å²) in [6, 6.07) is 22.8. The van der Waals surface area contributed by atoms with Gasteiger partial charge in [-0.2, -0.15) is 0 Å². The lowest BCUT2D eigenvalue weighted by Gasteiger charge is -2.18. The van der Waals surface area contributed by atoms with Crippen LogP contribution < -0.4 is 15.4 Å². The number of methoxy groups -OCH3 is 1. The van der Waals surface area contributed by atoms with Crippen molar-refractivity contribution in [2.45, 2.75) is 6.04 Å². The summed E-state index contributed by atoms with van der Waals surface area (Å²) in [5.74, 6) is 0.571. The quantitative estimate of drug-likeness (QED) is 0.687. The Labute approximate surface area is 153 Å². The molecule has 0 aliphatic carbocycles. The first-order chi connectivity index (χ1) is 12.8. The molecule has 1 amide bonds. The van der Waals surface area contributed by atoms with Gasteiger partial charge >= 0.3 is 0 Å². The Bertz CT molecular complexity index is 799. The summed E-state index contributed by atoms with van der Waals surface area (Å²) in [7, 11) is 1.60. The molecular weight excluding hydrogens is 326 g/mol. The van der Waals surface area contributed by atoms with Crippen LogP contribution in [0.25, 0.3) is 0 Å². The fourth-order valence-electron chi connectivity index (χ4n) is 2.69. The highest BCUT2D eigenvalue weighted by atomic mass is 16.5. The molecule has 0 saturated carbocycles. The zero-order valence-electron chi connectivity index (χ0n) is 14.6. The van der Waals surface area contributed by atoms with E-state index in [2.05, 4.69) is 15.6 Å². The highest BCUT2D eigenvalue weighted by molar-refractivity contribution is 5.92. The van der Waals surface area contributed by atoms with Crippen LogP contribution in [0.1, 0.15) is 17.3 Å². The number of aromatic nitrogens is 1. The van der Waals surface area contributed by atoms with Gasteiger partial charge in [-0.05, 0) is 29.8 Å². The first-order valence-corrected chi connectivity index (χ1v) is 8.39. The van der Waals surface area contributed by atoms with Crippen LogP contribution in [0.2, 0.25) is 0 Å². The fraction of sp³-hybridized carbons (Fsp3) is 0.143. The molecule has 0 fully saturated rings. The largest absolute Gasteiger partial charge is 0.497 e. The highest BCUT2D eigenvalue weighted by Crippen LogP contribution is 2.20. The van der Waals surface area contributed by atoms with Gasteiger partial charge in [0.15, 0.2) is 0 Å². The number of carbonyl (C=O) groups excluding carboxylic acids is 1. The van der Waals surface area contributed by atoms with Crippen molar-refractivity contribution < 1.29 is 9.53 Å². The van der Waals surface area contributed by atoms with Crippen LogP contribution in [0, 0.1) is 0 Å². The van der Waals surface area contributed by atoms with Crippen molar-refractivity contribution in [3.8, 4) is 5.75 Å². The molecular formula is C21H21N3O2. The second-order valence-electron chi connectivity index (χ2n) is 5.76. The third-order valence-electron chi connectivity index (χ3n) is 3.94. The average Bonchev–Trinajstić information content (AvgIpc) is 2.70. The van der Waals surface area contributed by atoms with Gasteiger partial charge in [0.25, 0.3) is 0 Å². The third kappa shape index (κ3) is 4.68. The van der Waals surface area contributed by atoms with E-state index in [1.807, 2.05) is 66.7 Å². The molecule has 1 heterocycles. The minimum atomic E-state index is -0.159. The minimum absolute atomic E-state index is 0.130. The molecule has 132 valence electrons. The Morgan fingerprint density at radius 3 is 2.58 bits per heavy atom. The van der Waals surface area contributed by atoms with Gasteiger partial charge < -0.3 is 10.1 Å². The molecule has 0 saturated heterocycles. The Kier molecular flexibility index (Phi) is 5.96. The molecule has 1 aromatic heterocycles. The van der Waals surface area contributed by atoms with E-state index in [-0.39, 0.29) is 18.5 Å². The third-order valence-corrected chi connectivity index (χ3v) is 3.94. The van der Waals surface area contributed by atoms with Crippen LogP contribution >= 0.6 is 0 Å². The number of pyridine rings is 1. The van der Waals surface area contributed by atoms with Gasteiger partial charge in [0.05, 0.1) is 25.4 Å². The Balaban J connectivity index is 1.68. The zero-order chi connectivity index (χ0) is 18.2. The van der Waals surface area contributed by atoms with Crippen LogP contribution in [-0.2, 0) is 4.79 Å². The molecule has 2 N–H and O–H groups in total. The summed E-state index contributed by atoms with van der Waals surface area (Å²) in [5.41, 5.74) is 2.62. The summed E-state index contributed by atoms with van der Waals surface area (Å²) < 4.78 is 5.18. The lowest BCUT2D eigenvalue weighted by Crippen LogP contribution is -2.32. The topological polar surface area (TPSA) is 63.2 Å². The molecule has 3 aromatic rings. The van der Waals surface area contributed by atoms with E-state index in [4.69, 9.17) is 4.74 Å². The van der Waals surface area contributed by atoms with Crippen molar-refractivity contribution in [2.75, 3.05) is 19.0 Å². The summed E-state index contributed by atoms with van der Waals surface area (Å²) in [6.45, 7) is 0.160. The molecule has 0 aliphatic heterocycles. The van der Waals surface area contributed by atoms with Crippen molar-refractivity contribution >= 4 is 11.6 Å². The van der Waals surface area contributed by atoms with Crippen LogP contribution in [0.5, 0.6) is 5.75 Å². The Hall–Kier alpha value is -3.18. The minimum Gasteiger partial charge on any atom is -0.497 e. The number of benzene rings is 2. The number of amides is 1. The van der Waals surface area contributed by atoms with Crippen molar-refractivity contribution in [2.24, 2.45) is 0 Å². The first-order valence-electron chi connectivity index (χ1n) is 8.39. The van der Waals surface area contributed by atoms with E-state index in [1.54, 1.807) is 19.4 Å². The second-order valence-corrected chi connectivity index (χ2v) is 5.76. The summed E-state index contributed by atoms with van der Waals surface area (Å²) in [4.78, 5) is 16.8. The number of nitrogens with one attached hydrogen (secondary N) is 2. The van der Waals surface area contributed by atoms with E-state index >= 15 is 0 Å². The standard InChI is InChI=1S/C21H21N3O2/c1-26-18-11-7-10-17(14-18)24-20(25)15-23-21(16-8-3-2-4-9-16)19-12-5-6-13-22-19/h2-14,21,23H,15H2,1H3,(H,24,25). The molecule has 0 bridgehead atoms. The predicted molar refractivity (Wildman–Crippen MR) is 102 cm³/mol. The molecule has 26 heavy (non-hydrogen) atoms. The number of anilines is 1. The van der Waals surface area contributed by atoms with Crippen LogP contribution in [0.4, 0.5) is 5.69 Å². The van der Waals surface area contributed by atoms with Gasteiger partial charge in [-0.15, -0.1) is 0 Å². The summed E-state index contributed by atoms with van der Waals surface area (Å²) in [5, 5.41) is 6.17. The number of nitrogens with zero attached hydrogens (tertiary/aromatic N) is 1. The SMILES string of the molecule is COc1cccc(NC(=O)CNC(c2ccccc2)c2ccccn2)c1. The lowest BCUT2D eigenvalue weighted by atomic mass is 10.0. The Morgan fingerprint density at radius 2 is 1.85 bits per heavy atom. The highest BCUT2D eigenvalue weighted by Gasteiger charge is 2.16. The maximum atomic E-state index is 12.3. The van der Waals surface area contributed by atoms with Crippen LogP contribution in [0.3, 0.4) is 0 Å². The molecule has 5 heteroatoms. The smallest absolute Gasteiger partial charge is 0.238 e. The van der Waals surface area contributed by atoms with Crippen molar-refractivity contribution in [1.82, 2.24) is 10.3 Å². The van der Waals surface area contributed by atoms with Gasteiger partial charge in [-0.1, -0.05) is 42.5 Å². The van der Waals surface area contributed by atoms with E-state index in [0.717, 1.165) is 11.3 Å². The molecule has 0 aliphatic rings. The molecule has 0 spiro atoms. The molecule has 1 atom stereocenters. The number of carbonyl (C=O) groups is 1. The van der Waals surface area contributed by atoms with E-state index in [0.29, 0.717) is 11.4 Å². The summed E-state index contributed by atoms with van der Waals surface area (Å²) in [6.07, 6.45) is 1.75. The van der Waals surface area contributed by atoms with Crippen molar-refractivity contribution in [1.29, 1.82) is 0 Å². The van der Waals surface area contributed by atoms with Crippen LogP contribution in [-0.4, -0.2) is 24.5 Å². The van der Waals surface area contributed by atoms with Gasteiger partial charge in [0.2, 0.25) is 5.91 Å². The van der Waals surface area contributed by atoms with Gasteiger partial charge in [-0.25, -0.2) is 0 Å². The number of rotatable bonds is 7. The van der Waals surface area contributed by atoms with E-state index in [1.165, 1.54) is 0 Å². The number of hydrogen-bond acceptors (Lipinski definition) is 4.